The molecule has 0 bridgehead atoms. The van der Waals surface area contributed by atoms with E-state index in [4.69, 9.17) is 0 Å². The minimum Gasteiger partial charge on any atom is -0.351 e. The predicted molar refractivity (Wildman–Crippen MR) is 90.7 cm³/mol. The number of likely N-dealkylation sites (tertiary alicyclic amines) is 1. The molecule has 7 nitrogen and oxygen atoms in total. The summed E-state index contributed by atoms with van der Waals surface area (Å²) in [5.74, 6) is 0.0104. The zero-order valence-electron chi connectivity index (χ0n) is 13.6. The van der Waals surface area contributed by atoms with Crippen molar-refractivity contribution in [3.63, 3.8) is 0 Å². The van der Waals surface area contributed by atoms with Gasteiger partial charge in [-0.25, -0.2) is 4.68 Å². The Morgan fingerprint density at radius 2 is 2.21 bits per heavy atom. The van der Waals surface area contributed by atoms with Crippen LogP contribution in [0.4, 0.5) is 0 Å². The first kappa shape index (κ1) is 16.6. The van der Waals surface area contributed by atoms with Crippen molar-refractivity contribution in [2.45, 2.75) is 38.8 Å². The van der Waals surface area contributed by atoms with Gasteiger partial charge < -0.3 is 10.2 Å². The standard InChI is InChI=1S/C16H21N5O2S/c1-12(22)17-11-14-4-5-15(24-14)16(23)20-8-2-3-13(6-9-20)21-10-7-18-19-21/h4-5,7,10,13H,2-3,6,8-9,11H2,1H3,(H,17,22). The number of rotatable bonds is 4. The molecule has 8 heteroatoms. The van der Waals surface area contributed by atoms with Crippen LogP contribution >= 0.6 is 11.3 Å². The molecule has 1 fully saturated rings. The zero-order valence-corrected chi connectivity index (χ0v) is 14.5. The molecule has 1 N–H and O–H groups in total. The number of carbonyl (C=O) groups excluding carboxylic acids is 2. The van der Waals surface area contributed by atoms with Crippen molar-refractivity contribution >= 4 is 23.2 Å². The molecule has 1 aliphatic rings. The van der Waals surface area contributed by atoms with Gasteiger partial charge in [0.25, 0.3) is 5.91 Å². The summed E-state index contributed by atoms with van der Waals surface area (Å²) < 4.78 is 1.89. The van der Waals surface area contributed by atoms with Gasteiger partial charge in [-0.15, -0.1) is 16.4 Å². The van der Waals surface area contributed by atoms with Crippen molar-refractivity contribution in [3.05, 3.63) is 34.3 Å². The highest BCUT2D eigenvalue weighted by atomic mass is 32.1. The lowest BCUT2D eigenvalue weighted by Crippen LogP contribution is -2.31. The highest BCUT2D eigenvalue weighted by Crippen LogP contribution is 2.24. The SMILES string of the molecule is CC(=O)NCc1ccc(C(=O)N2CCCC(n3ccnn3)CC2)s1. The van der Waals surface area contributed by atoms with Crippen LogP contribution in [0, 0.1) is 0 Å². The average molecular weight is 347 g/mol. The molecule has 1 atom stereocenters. The molecule has 1 unspecified atom stereocenters. The molecule has 3 rings (SSSR count). The Hall–Kier alpha value is -2.22. The third-order valence-corrected chi connectivity index (χ3v) is 5.26. The van der Waals surface area contributed by atoms with E-state index in [2.05, 4.69) is 15.6 Å². The first-order valence-corrected chi connectivity index (χ1v) is 8.93. The molecule has 128 valence electrons. The lowest BCUT2D eigenvalue weighted by molar-refractivity contribution is -0.119. The topological polar surface area (TPSA) is 80.1 Å². The number of aromatic nitrogens is 3. The summed E-state index contributed by atoms with van der Waals surface area (Å²) in [4.78, 5) is 27.3. The molecule has 0 radical (unpaired) electrons. The normalized spacial score (nSPS) is 18.2. The molecule has 2 aromatic rings. The van der Waals surface area contributed by atoms with Crippen molar-refractivity contribution in [1.29, 1.82) is 0 Å². The average Bonchev–Trinajstić information content (AvgIpc) is 3.20. The quantitative estimate of drug-likeness (QED) is 0.915. The van der Waals surface area contributed by atoms with Crippen LogP contribution in [0.25, 0.3) is 0 Å². The van der Waals surface area contributed by atoms with E-state index in [0.29, 0.717) is 12.6 Å². The van der Waals surface area contributed by atoms with Crippen LogP contribution < -0.4 is 5.32 Å². The van der Waals surface area contributed by atoms with Crippen LogP contribution in [0.3, 0.4) is 0 Å². The number of nitrogens with one attached hydrogen (secondary N) is 1. The highest BCUT2D eigenvalue weighted by molar-refractivity contribution is 7.14. The van der Waals surface area contributed by atoms with Crippen LogP contribution in [0.5, 0.6) is 0 Å². The first-order chi connectivity index (χ1) is 11.6. The fourth-order valence-electron chi connectivity index (χ4n) is 2.91. The maximum Gasteiger partial charge on any atom is 0.263 e. The summed E-state index contributed by atoms with van der Waals surface area (Å²) >= 11 is 1.45. The minimum absolute atomic E-state index is 0.0667. The summed E-state index contributed by atoms with van der Waals surface area (Å²) in [5.41, 5.74) is 0. The molecule has 0 saturated carbocycles. The second-order valence-electron chi connectivity index (χ2n) is 5.94. The number of nitrogens with zero attached hydrogens (tertiary/aromatic N) is 4. The minimum atomic E-state index is -0.0667. The Bertz CT molecular complexity index is 697. The largest absolute Gasteiger partial charge is 0.351 e. The monoisotopic (exact) mass is 347 g/mol. The molecule has 3 heterocycles. The van der Waals surface area contributed by atoms with Gasteiger partial charge >= 0.3 is 0 Å². The Balaban J connectivity index is 1.60. The Morgan fingerprint density at radius 3 is 2.96 bits per heavy atom. The molecule has 2 amide bonds. The first-order valence-electron chi connectivity index (χ1n) is 8.11. The van der Waals surface area contributed by atoms with Crippen molar-refractivity contribution in [2.75, 3.05) is 13.1 Å². The summed E-state index contributed by atoms with van der Waals surface area (Å²) in [6.45, 7) is 3.45. The number of hydrogen-bond donors (Lipinski definition) is 1. The van der Waals surface area contributed by atoms with E-state index < -0.39 is 0 Å². The third kappa shape index (κ3) is 4.00. The van der Waals surface area contributed by atoms with Crippen LogP contribution in [-0.2, 0) is 11.3 Å². The van der Waals surface area contributed by atoms with E-state index in [0.717, 1.165) is 42.1 Å². The van der Waals surface area contributed by atoms with Crippen molar-refractivity contribution in [1.82, 2.24) is 25.2 Å². The second-order valence-corrected chi connectivity index (χ2v) is 7.10. The van der Waals surface area contributed by atoms with E-state index in [-0.39, 0.29) is 11.8 Å². The summed E-state index contributed by atoms with van der Waals surface area (Å²) in [6.07, 6.45) is 6.43. The Morgan fingerprint density at radius 1 is 1.33 bits per heavy atom. The lowest BCUT2D eigenvalue weighted by atomic mass is 10.1. The fraction of sp³-hybridized carbons (Fsp3) is 0.500. The molecular formula is C16H21N5O2S. The van der Waals surface area contributed by atoms with E-state index in [9.17, 15) is 9.59 Å². The summed E-state index contributed by atoms with van der Waals surface area (Å²) in [5, 5.41) is 10.7. The predicted octanol–water partition coefficient (Wildman–Crippen LogP) is 1.84. The molecule has 1 aliphatic heterocycles. The van der Waals surface area contributed by atoms with Gasteiger partial charge in [-0.3, -0.25) is 9.59 Å². The van der Waals surface area contributed by atoms with E-state index in [1.165, 1.54) is 18.3 Å². The smallest absolute Gasteiger partial charge is 0.263 e. The van der Waals surface area contributed by atoms with Gasteiger partial charge in [-0.2, -0.15) is 0 Å². The molecule has 24 heavy (non-hydrogen) atoms. The summed E-state index contributed by atoms with van der Waals surface area (Å²) in [7, 11) is 0. The van der Waals surface area contributed by atoms with Gasteiger partial charge in [-0.05, 0) is 31.4 Å². The van der Waals surface area contributed by atoms with Crippen molar-refractivity contribution in [2.24, 2.45) is 0 Å². The maximum absolute atomic E-state index is 12.7. The van der Waals surface area contributed by atoms with E-state index in [1.807, 2.05) is 27.9 Å². The van der Waals surface area contributed by atoms with Crippen LogP contribution in [-0.4, -0.2) is 44.8 Å². The zero-order chi connectivity index (χ0) is 16.9. The number of thiophene rings is 1. The number of hydrogen-bond acceptors (Lipinski definition) is 5. The molecular weight excluding hydrogens is 326 g/mol. The van der Waals surface area contributed by atoms with E-state index >= 15 is 0 Å². The van der Waals surface area contributed by atoms with Crippen LogP contribution in [0.15, 0.2) is 24.5 Å². The lowest BCUT2D eigenvalue weighted by Gasteiger charge is -2.19. The fourth-order valence-corrected chi connectivity index (χ4v) is 3.83. The molecule has 0 aromatic carbocycles. The number of carbonyl (C=O) groups is 2. The molecule has 0 spiro atoms. The maximum atomic E-state index is 12.7. The number of amides is 2. The molecule has 2 aromatic heterocycles. The Labute approximate surface area is 144 Å². The molecule has 1 saturated heterocycles. The van der Waals surface area contributed by atoms with Gasteiger partial charge in [0, 0.05) is 31.1 Å². The van der Waals surface area contributed by atoms with Gasteiger partial charge in [0.15, 0.2) is 0 Å². The van der Waals surface area contributed by atoms with Crippen LogP contribution in [0.2, 0.25) is 0 Å². The van der Waals surface area contributed by atoms with E-state index in [1.54, 1.807) is 6.20 Å². The third-order valence-electron chi connectivity index (χ3n) is 4.18. The van der Waals surface area contributed by atoms with Crippen molar-refractivity contribution in [3.8, 4) is 0 Å². The van der Waals surface area contributed by atoms with Crippen LogP contribution in [0.1, 0.15) is 46.8 Å². The summed E-state index contributed by atoms with van der Waals surface area (Å²) in [6, 6.07) is 4.07. The second kappa shape index (κ2) is 7.57. The van der Waals surface area contributed by atoms with Gasteiger partial charge in [0.2, 0.25) is 5.91 Å². The molecule has 0 aliphatic carbocycles. The highest BCUT2D eigenvalue weighted by Gasteiger charge is 2.23. The Kier molecular flexibility index (Phi) is 5.24. The van der Waals surface area contributed by atoms with Gasteiger partial charge in [0.1, 0.15) is 0 Å². The van der Waals surface area contributed by atoms with Crippen molar-refractivity contribution < 1.29 is 9.59 Å². The van der Waals surface area contributed by atoms with Gasteiger partial charge in [0.05, 0.1) is 23.7 Å². The van der Waals surface area contributed by atoms with Gasteiger partial charge in [-0.1, -0.05) is 5.21 Å².